The molecule has 104 valence electrons. The molecule has 0 spiro atoms. The Morgan fingerprint density at radius 1 is 1.58 bits per heavy atom. The van der Waals surface area contributed by atoms with Gasteiger partial charge in [-0.25, -0.2) is 4.79 Å². The molecule has 1 aliphatic heterocycles. The third-order valence-corrected chi connectivity index (χ3v) is 3.29. The highest BCUT2D eigenvalue weighted by atomic mass is 35.5. The average Bonchev–Trinajstić information content (AvgIpc) is 2.30. The molecule has 0 saturated carbocycles. The van der Waals surface area contributed by atoms with Crippen molar-refractivity contribution >= 4 is 17.6 Å². The molecule has 2 N–H and O–H groups in total. The van der Waals surface area contributed by atoms with Gasteiger partial charge in [0.25, 0.3) is 0 Å². The fourth-order valence-electron chi connectivity index (χ4n) is 1.91. The number of carboxylic acid groups (broad SMARTS) is 1. The Balaban J connectivity index is 1.98. The summed E-state index contributed by atoms with van der Waals surface area (Å²) in [7, 11) is 0. The molecule has 1 aromatic rings. The fourth-order valence-corrected chi connectivity index (χ4v) is 2.16. The summed E-state index contributed by atoms with van der Waals surface area (Å²) >= 11 is 6.07. The molecule has 1 fully saturated rings. The van der Waals surface area contributed by atoms with Crippen LogP contribution in [0.2, 0.25) is 5.02 Å². The standard InChI is InChI=1S/C13H16ClNO4/c1-8(13(17)18)19-12-3-2-9(4-11(12)14)5-15-6-10(16)7-15/h2-4,8,10,16H,5-7H2,1H3,(H,17,18)/t8-/m0/s1. The Bertz CT molecular complexity index is 474. The maximum absolute atomic E-state index is 10.7. The first-order valence-electron chi connectivity index (χ1n) is 6.04. The van der Waals surface area contributed by atoms with Crippen molar-refractivity contribution in [3.63, 3.8) is 0 Å². The van der Waals surface area contributed by atoms with Gasteiger partial charge in [0, 0.05) is 19.6 Å². The zero-order chi connectivity index (χ0) is 14.0. The second-order valence-electron chi connectivity index (χ2n) is 4.71. The van der Waals surface area contributed by atoms with E-state index in [2.05, 4.69) is 4.90 Å². The number of carboxylic acids is 1. The van der Waals surface area contributed by atoms with Crippen molar-refractivity contribution in [1.29, 1.82) is 0 Å². The van der Waals surface area contributed by atoms with Gasteiger partial charge < -0.3 is 14.9 Å². The summed E-state index contributed by atoms with van der Waals surface area (Å²) in [5, 5.41) is 18.4. The van der Waals surface area contributed by atoms with Crippen molar-refractivity contribution in [2.45, 2.75) is 25.7 Å². The van der Waals surface area contributed by atoms with Crippen LogP contribution in [0.5, 0.6) is 5.75 Å². The Morgan fingerprint density at radius 3 is 2.79 bits per heavy atom. The minimum Gasteiger partial charge on any atom is -0.479 e. The zero-order valence-corrected chi connectivity index (χ0v) is 11.3. The van der Waals surface area contributed by atoms with Gasteiger partial charge in [0.15, 0.2) is 6.10 Å². The largest absolute Gasteiger partial charge is 0.479 e. The first kappa shape index (κ1) is 14.1. The van der Waals surface area contributed by atoms with E-state index in [0.717, 1.165) is 5.56 Å². The number of hydrogen-bond donors (Lipinski definition) is 2. The molecule has 1 aromatic carbocycles. The van der Waals surface area contributed by atoms with Gasteiger partial charge >= 0.3 is 5.97 Å². The second-order valence-corrected chi connectivity index (χ2v) is 5.12. The second kappa shape index (κ2) is 5.77. The van der Waals surface area contributed by atoms with E-state index >= 15 is 0 Å². The van der Waals surface area contributed by atoms with Crippen molar-refractivity contribution < 1.29 is 19.7 Å². The van der Waals surface area contributed by atoms with Crippen LogP contribution >= 0.6 is 11.6 Å². The molecule has 19 heavy (non-hydrogen) atoms. The Morgan fingerprint density at radius 2 is 2.26 bits per heavy atom. The summed E-state index contributed by atoms with van der Waals surface area (Å²) in [4.78, 5) is 12.8. The van der Waals surface area contributed by atoms with Crippen LogP contribution in [0.15, 0.2) is 18.2 Å². The number of carbonyl (C=O) groups is 1. The number of benzene rings is 1. The molecule has 1 heterocycles. The smallest absolute Gasteiger partial charge is 0.344 e. The molecule has 1 atom stereocenters. The zero-order valence-electron chi connectivity index (χ0n) is 10.5. The lowest BCUT2D eigenvalue weighted by Gasteiger charge is -2.35. The molecule has 1 aliphatic rings. The molecule has 6 heteroatoms. The van der Waals surface area contributed by atoms with E-state index in [1.54, 1.807) is 12.1 Å². The van der Waals surface area contributed by atoms with Gasteiger partial charge in [0.2, 0.25) is 0 Å². The lowest BCUT2D eigenvalue weighted by Crippen LogP contribution is -2.49. The third-order valence-electron chi connectivity index (χ3n) is 2.99. The van der Waals surface area contributed by atoms with Gasteiger partial charge in [0.1, 0.15) is 5.75 Å². The number of halogens is 1. The molecule has 0 unspecified atom stereocenters. The molecule has 0 bridgehead atoms. The Hall–Kier alpha value is -1.30. The van der Waals surface area contributed by atoms with Gasteiger partial charge in [-0.1, -0.05) is 17.7 Å². The third kappa shape index (κ3) is 3.59. The molecule has 2 rings (SSSR count). The predicted molar refractivity (Wildman–Crippen MR) is 70.5 cm³/mol. The quantitative estimate of drug-likeness (QED) is 0.855. The van der Waals surface area contributed by atoms with E-state index in [-0.39, 0.29) is 6.10 Å². The van der Waals surface area contributed by atoms with E-state index < -0.39 is 12.1 Å². The normalized spacial score (nSPS) is 17.8. The Kier molecular flexibility index (Phi) is 4.29. The summed E-state index contributed by atoms with van der Waals surface area (Å²) in [6.07, 6.45) is -1.16. The molecule has 5 nitrogen and oxygen atoms in total. The van der Waals surface area contributed by atoms with Crippen molar-refractivity contribution in [2.24, 2.45) is 0 Å². The van der Waals surface area contributed by atoms with Crippen LogP contribution in [0.25, 0.3) is 0 Å². The molecule has 0 aliphatic carbocycles. The Labute approximate surface area is 116 Å². The average molecular weight is 286 g/mol. The molecule has 0 amide bonds. The van der Waals surface area contributed by atoms with Crippen molar-refractivity contribution in [3.05, 3.63) is 28.8 Å². The highest BCUT2D eigenvalue weighted by molar-refractivity contribution is 6.32. The molecule has 0 aromatic heterocycles. The SMILES string of the molecule is C[C@H](Oc1ccc(CN2CC(O)C2)cc1Cl)C(=O)O. The molecule has 1 saturated heterocycles. The molecular formula is C13H16ClNO4. The first-order chi connectivity index (χ1) is 8.95. The van der Waals surface area contributed by atoms with Gasteiger partial charge in [-0.3, -0.25) is 4.90 Å². The van der Waals surface area contributed by atoms with E-state index in [0.29, 0.717) is 30.4 Å². The lowest BCUT2D eigenvalue weighted by atomic mass is 10.1. The first-order valence-corrected chi connectivity index (χ1v) is 6.42. The van der Waals surface area contributed by atoms with Crippen molar-refractivity contribution in [3.8, 4) is 5.75 Å². The van der Waals surface area contributed by atoms with Gasteiger partial charge in [-0.05, 0) is 24.6 Å². The van der Waals surface area contributed by atoms with Crippen LogP contribution in [-0.4, -0.2) is 46.4 Å². The number of aliphatic hydroxyl groups excluding tert-OH is 1. The molecular weight excluding hydrogens is 270 g/mol. The van der Waals surface area contributed by atoms with Gasteiger partial charge in [-0.2, -0.15) is 0 Å². The number of likely N-dealkylation sites (tertiary alicyclic amines) is 1. The van der Waals surface area contributed by atoms with Gasteiger partial charge in [-0.15, -0.1) is 0 Å². The van der Waals surface area contributed by atoms with Crippen LogP contribution in [0.1, 0.15) is 12.5 Å². The van der Waals surface area contributed by atoms with Crippen molar-refractivity contribution in [1.82, 2.24) is 4.90 Å². The van der Waals surface area contributed by atoms with Gasteiger partial charge in [0.05, 0.1) is 11.1 Å². The topological polar surface area (TPSA) is 70.0 Å². The van der Waals surface area contributed by atoms with E-state index in [1.807, 2.05) is 6.07 Å². The fraction of sp³-hybridized carbons (Fsp3) is 0.462. The number of nitrogens with zero attached hydrogens (tertiary/aromatic N) is 1. The maximum Gasteiger partial charge on any atom is 0.344 e. The van der Waals surface area contributed by atoms with Crippen LogP contribution in [0, 0.1) is 0 Å². The van der Waals surface area contributed by atoms with Crippen LogP contribution in [0.4, 0.5) is 0 Å². The number of β-amino-alcohol motifs (C(OH)–C–C–N with tert-alkyl or cyclic N) is 1. The number of rotatable bonds is 5. The number of hydrogen-bond acceptors (Lipinski definition) is 4. The van der Waals surface area contributed by atoms with Crippen LogP contribution in [-0.2, 0) is 11.3 Å². The number of ether oxygens (including phenoxy) is 1. The van der Waals surface area contributed by atoms with E-state index in [4.69, 9.17) is 21.4 Å². The van der Waals surface area contributed by atoms with Crippen LogP contribution < -0.4 is 4.74 Å². The summed E-state index contributed by atoms with van der Waals surface area (Å²) in [5.41, 5.74) is 1.01. The maximum atomic E-state index is 10.7. The monoisotopic (exact) mass is 285 g/mol. The summed E-state index contributed by atoms with van der Waals surface area (Å²) in [6, 6.07) is 5.28. The van der Waals surface area contributed by atoms with E-state index in [9.17, 15) is 9.90 Å². The van der Waals surface area contributed by atoms with Crippen LogP contribution in [0.3, 0.4) is 0 Å². The van der Waals surface area contributed by atoms with E-state index in [1.165, 1.54) is 6.92 Å². The molecule has 0 radical (unpaired) electrons. The highest BCUT2D eigenvalue weighted by Crippen LogP contribution is 2.27. The number of aliphatic hydroxyl groups is 1. The minimum atomic E-state index is -1.03. The summed E-state index contributed by atoms with van der Waals surface area (Å²) in [6.45, 7) is 3.51. The number of aliphatic carboxylic acids is 1. The minimum absolute atomic E-state index is 0.227. The highest BCUT2D eigenvalue weighted by Gasteiger charge is 2.24. The summed E-state index contributed by atoms with van der Waals surface area (Å²) in [5.74, 6) is -0.668. The predicted octanol–water partition coefficient (Wildman–Crippen LogP) is 1.37. The summed E-state index contributed by atoms with van der Waals surface area (Å²) < 4.78 is 5.24. The van der Waals surface area contributed by atoms with Crippen molar-refractivity contribution in [2.75, 3.05) is 13.1 Å². The lowest BCUT2D eigenvalue weighted by molar-refractivity contribution is -0.144.